The third kappa shape index (κ3) is 6.96. The van der Waals surface area contributed by atoms with Crippen LogP contribution in [0.15, 0.2) is 66.7 Å². The lowest BCUT2D eigenvalue weighted by Crippen LogP contribution is -2.35. The van der Waals surface area contributed by atoms with Crippen molar-refractivity contribution in [2.24, 2.45) is 0 Å². The van der Waals surface area contributed by atoms with Crippen molar-refractivity contribution < 1.29 is 19.4 Å². The van der Waals surface area contributed by atoms with Gasteiger partial charge in [-0.15, -0.1) is 12.4 Å². The number of ether oxygens (including phenoxy) is 1. The average molecular weight is 539 g/mol. The van der Waals surface area contributed by atoms with E-state index in [2.05, 4.69) is 34.3 Å². The van der Waals surface area contributed by atoms with E-state index in [0.29, 0.717) is 28.6 Å². The number of anilines is 3. The molecule has 1 aliphatic rings. The van der Waals surface area contributed by atoms with Crippen molar-refractivity contribution in [3.63, 3.8) is 0 Å². The molecule has 0 radical (unpaired) electrons. The number of nitrogens with one attached hydrogen (secondary N) is 2. The number of carbonyl (C=O) groups excluding carboxylic acids is 2. The van der Waals surface area contributed by atoms with E-state index in [1.54, 1.807) is 55.6 Å². The number of hydrogen-bond acceptors (Lipinski definition) is 6. The minimum Gasteiger partial charge on any atom is -0.506 e. The van der Waals surface area contributed by atoms with Crippen LogP contribution in [0.1, 0.15) is 41.0 Å². The van der Waals surface area contributed by atoms with Crippen LogP contribution in [0.5, 0.6) is 11.5 Å². The van der Waals surface area contributed by atoms with E-state index in [9.17, 15) is 14.7 Å². The number of para-hydroxylation sites is 1. The number of carbonyl (C=O) groups is 2. The second kappa shape index (κ2) is 13.2. The normalized spacial score (nSPS) is 13.8. The summed E-state index contributed by atoms with van der Waals surface area (Å²) in [6, 6.07) is 19.4. The third-order valence-corrected chi connectivity index (χ3v) is 6.64. The molecular weight excluding hydrogens is 504 g/mol. The summed E-state index contributed by atoms with van der Waals surface area (Å²) in [7, 11) is 1.56. The summed E-state index contributed by atoms with van der Waals surface area (Å²) < 4.78 is 5.13. The molecular formula is C29H35ClN4O4. The van der Waals surface area contributed by atoms with Gasteiger partial charge in [0.1, 0.15) is 17.2 Å². The Morgan fingerprint density at radius 2 is 1.47 bits per heavy atom. The Morgan fingerprint density at radius 1 is 0.842 bits per heavy atom. The van der Waals surface area contributed by atoms with Crippen molar-refractivity contribution in [2.75, 3.05) is 48.8 Å². The molecule has 202 valence electrons. The van der Waals surface area contributed by atoms with E-state index in [4.69, 9.17) is 4.74 Å². The van der Waals surface area contributed by atoms with Crippen LogP contribution in [0, 0.1) is 0 Å². The van der Waals surface area contributed by atoms with Crippen LogP contribution in [-0.2, 0) is 0 Å². The number of nitrogens with zero attached hydrogens (tertiary/aromatic N) is 2. The summed E-state index contributed by atoms with van der Waals surface area (Å²) in [5.41, 5.74) is 2.39. The lowest BCUT2D eigenvalue weighted by Gasteiger charge is -2.25. The highest BCUT2D eigenvalue weighted by Gasteiger charge is 2.19. The molecule has 8 nitrogen and oxygen atoms in total. The van der Waals surface area contributed by atoms with E-state index >= 15 is 0 Å². The lowest BCUT2D eigenvalue weighted by atomic mass is 10.1. The van der Waals surface area contributed by atoms with E-state index in [1.807, 2.05) is 12.1 Å². The zero-order valence-corrected chi connectivity index (χ0v) is 22.8. The van der Waals surface area contributed by atoms with E-state index in [1.165, 1.54) is 6.07 Å². The van der Waals surface area contributed by atoms with Gasteiger partial charge in [-0.3, -0.25) is 14.5 Å². The maximum atomic E-state index is 13.0. The molecule has 3 aromatic rings. The molecule has 3 aromatic carbocycles. The van der Waals surface area contributed by atoms with Crippen LogP contribution < -0.4 is 20.3 Å². The number of hydrogen-bond donors (Lipinski definition) is 3. The topological polar surface area (TPSA) is 94.1 Å². The Kier molecular flexibility index (Phi) is 9.98. The van der Waals surface area contributed by atoms with Crippen molar-refractivity contribution in [3.05, 3.63) is 77.9 Å². The number of phenolic OH excluding ortho intramolecular Hbond substituents is 1. The Morgan fingerprint density at radius 3 is 2.11 bits per heavy atom. The summed E-state index contributed by atoms with van der Waals surface area (Å²) >= 11 is 0. The van der Waals surface area contributed by atoms with Gasteiger partial charge in [0.05, 0.1) is 12.8 Å². The Hall–Kier alpha value is -3.75. The molecule has 2 amide bonds. The quantitative estimate of drug-likeness (QED) is 0.356. The number of halogens is 1. The fourth-order valence-electron chi connectivity index (χ4n) is 4.43. The van der Waals surface area contributed by atoms with Gasteiger partial charge >= 0.3 is 0 Å². The number of amides is 2. The van der Waals surface area contributed by atoms with E-state index in [0.717, 1.165) is 38.3 Å². The minimum absolute atomic E-state index is 0. The van der Waals surface area contributed by atoms with Crippen molar-refractivity contribution >= 4 is 41.3 Å². The number of benzene rings is 3. The highest BCUT2D eigenvalue weighted by molar-refractivity contribution is 6.11. The first kappa shape index (κ1) is 28.8. The van der Waals surface area contributed by atoms with Gasteiger partial charge in [0.15, 0.2) is 0 Å². The molecule has 1 heterocycles. The molecule has 0 atom stereocenters. The number of methoxy groups -OCH3 is 1. The van der Waals surface area contributed by atoms with Crippen molar-refractivity contribution in [3.8, 4) is 11.5 Å². The van der Waals surface area contributed by atoms with Crippen LogP contribution in [-0.4, -0.2) is 61.2 Å². The smallest absolute Gasteiger partial charge is 0.255 e. The fraction of sp³-hybridized carbons (Fsp3) is 0.310. The summed E-state index contributed by atoms with van der Waals surface area (Å²) in [4.78, 5) is 30.6. The first-order valence-electron chi connectivity index (χ1n) is 12.5. The second-order valence-electron chi connectivity index (χ2n) is 9.35. The van der Waals surface area contributed by atoms with Gasteiger partial charge in [0, 0.05) is 49.0 Å². The highest BCUT2D eigenvalue weighted by Crippen LogP contribution is 2.32. The summed E-state index contributed by atoms with van der Waals surface area (Å²) in [5, 5.41) is 16.0. The molecule has 1 fully saturated rings. The lowest BCUT2D eigenvalue weighted by molar-refractivity contribution is 0.101. The third-order valence-electron chi connectivity index (χ3n) is 6.64. The standard InChI is InChI=1S/C29H34N4O4.ClH/c1-20(2)32-16-5-17-33(19-18-32)23-12-8-21(9-13-23)29(36)31-27-25(6-4-7-26(27)34)30-28(35)22-10-14-24(37-3)15-11-22;/h4,6-15,20,34H,5,16-19H2,1-3H3,(H,30,35)(H,31,36);1H. The Labute approximate surface area is 230 Å². The van der Waals surface area contributed by atoms with Crippen LogP contribution in [0.25, 0.3) is 0 Å². The van der Waals surface area contributed by atoms with E-state index < -0.39 is 0 Å². The van der Waals surface area contributed by atoms with Gasteiger partial charge in [0.2, 0.25) is 0 Å². The molecule has 1 aliphatic heterocycles. The summed E-state index contributed by atoms with van der Waals surface area (Å²) in [6.45, 7) is 8.47. The molecule has 0 bridgehead atoms. The second-order valence-corrected chi connectivity index (χ2v) is 9.35. The zero-order valence-electron chi connectivity index (χ0n) is 21.9. The summed E-state index contributed by atoms with van der Waals surface area (Å²) in [6.07, 6.45) is 1.10. The van der Waals surface area contributed by atoms with Crippen molar-refractivity contribution in [1.82, 2.24) is 4.90 Å². The fourth-order valence-corrected chi connectivity index (χ4v) is 4.43. The molecule has 0 aromatic heterocycles. The molecule has 1 saturated heterocycles. The average Bonchev–Trinajstić information content (AvgIpc) is 3.17. The molecule has 0 saturated carbocycles. The largest absolute Gasteiger partial charge is 0.506 e. The van der Waals surface area contributed by atoms with Crippen LogP contribution in [0.2, 0.25) is 0 Å². The highest BCUT2D eigenvalue weighted by atomic mass is 35.5. The molecule has 9 heteroatoms. The maximum Gasteiger partial charge on any atom is 0.255 e. The van der Waals surface area contributed by atoms with Gasteiger partial charge in [-0.2, -0.15) is 0 Å². The first-order valence-corrected chi connectivity index (χ1v) is 12.5. The van der Waals surface area contributed by atoms with Crippen LogP contribution >= 0.6 is 12.4 Å². The molecule has 38 heavy (non-hydrogen) atoms. The van der Waals surface area contributed by atoms with E-state index in [-0.39, 0.29) is 35.7 Å². The van der Waals surface area contributed by atoms with Crippen LogP contribution in [0.3, 0.4) is 0 Å². The maximum absolute atomic E-state index is 13.0. The molecule has 0 unspecified atom stereocenters. The van der Waals surface area contributed by atoms with Gasteiger partial charge in [-0.05, 0) is 80.9 Å². The Balaban J connectivity index is 0.00000400. The summed E-state index contributed by atoms with van der Waals surface area (Å²) in [5.74, 6) is -0.255. The van der Waals surface area contributed by atoms with Gasteiger partial charge in [-0.1, -0.05) is 6.07 Å². The molecule has 4 rings (SSSR count). The van der Waals surface area contributed by atoms with Crippen molar-refractivity contribution in [2.45, 2.75) is 26.3 Å². The monoisotopic (exact) mass is 538 g/mol. The van der Waals surface area contributed by atoms with Crippen LogP contribution in [0.4, 0.5) is 17.1 Å². The zero-order chi connectivity index (χ0) is 26.4. The number of rotatable bonds is 7. The molecule has 0 spiro atoms. The first-order chi connectivity index (χ1) is 17.9. The SMILES string of the molecule is COc1ccc(C(=O)Nc2cccc(O)c2NC(=O)c2ccc(N3CCCN(C(C)C)CC3)cc2)cc1.Cl. The number of aromatic hydroxyl groups is 1. The Bertz CT molecular complexity index is 1230. The van der Waals surface area contributed by atoms with Gasteiger partial charge in [-0.25, -0.2) is 0 Å². The van der Waals surface area contributed by atoms with Crippen molar-refractivity contribution in [1.29, 1.82) is 0 Å². The molecule has 0 aliphatic carbocycles. The minimum atomic E-state index is -0.380. The molecule has 3 N–H and O–H groups in total. The van der Waals surface area contributed by atoms with Gasteiger partial charge < -0.3 is 25.4 Å². The predicted octanol–water partition coefficient (Wildman–Crippen LogP) is 5.25. The number of phenols is 1. The predicted molar refractivity (Wildman–Crippen MR) is 154 cm³/mol. The van der Waals surface area contributed by atoms with Gasteiger partial charge in [0.25, 0.3) is 11.8 Å².